The first-order chi connectivity index (χ1) is 16.4. The van der Waals surface area contributed by atoms with Crippen molar-refractivity contribution in [1.82, 2.24) is 10.3 Å². The maximum absolute atomic E-state index is 13.7. The van der Waals surface area contributed by atoms with Gasteiger partial charge in [-0.2, -0.15) is 13.2 Å². The Labute approximate surface area is 200 Å². The summed E-state index contributed by atoms with van der Waals surface area (Å²) in [6.45, 7) is 1.37. The summed E-state index contributed by atoms with van der Waals surface area (Å²) in [4.78, 5) is 27.6. The highest BCUT2D eigenvalue weighted by atomic mass is 35.5. The van der Waals surface area contributed by atoms with E-state index in [9.17, 15) is 26.7 Å². The molecule has 1 fully saturated rings. The summed E-state index contributed by atoms with van der Waals surface area (Å²) in [5.41, 5.74) is 1.77. The number of pyridine rings is 1. The zero-order valence-electron chi connectivity index (χ0n) is 17.7. The van der Waals surface area contributed by atoms with E-state index < -0.39 is 29.8 Å². The molecule has 3 N–H and O–H groups in total. The number of alkyl halides is 3. The summed E-state index contributed by atoms with van der Waals surface area (Å²) in [5.74, 6) is -4.27. The van der Waals surface area contributed by atoms with Crippen LogP contribution in [0.4, 0.5) is 38.1 Å². The number of nitrogens with one attached hydrogen (secondary N) is 2. The van der Waals surface area contributed by atoms with Crippen LogP contribution < -0.4 is 15.5 Å². The van der Waals surface area contributed by atoms with Crippen molar-refractivity contribution in [3.8, 4) is 0 Å². The van der Waals surface area contributed by atoms with Crippen LogP contribution in [0.2, 0.25) is 5.02 Å². The van der Waals surface area contributed by atoms with Crippen LogP contribution in [0.1, 0.15) is 6.42 Å². The first-order valence-electron chi connectivity index (χ1n) is 10.1. The number of nitrogens with zero attached hydrogens (tertiary/aromatic N) is 2. The van der Waals surface area contributed by atoms with E-state index in [-0.39, 0.29) is 11.7 Å². The molecule has 0 spiro atoms. The van der Waals surface area contributed by atoms with Gasteiger partial charge in [0.05, 0.1) is 11.2 Å². The Hall–Kier alpha value is -3.67. The number of carboxylic acids is 1. The van der Waals surface area contributed by atoms with Crippen LogP contribution >= 0.6 is 11.6 Å². The molecule has 13 heteroatoms. The Balaban J connectivity index is 0.000000429. The fraction of sp³-hybridized carbons (Fsp3) is 0.227. The molecule has 1 aliphatic heterocycles. The summed E-state index contributed by atoms with van der Waals surface area (Å²) >= 11 is 6.04. The second-order valence-corrected chi connectivity index (χ2v) is 7.89. The Morgan fingerprint density at radius 1 is 1.11 bits per heavy atom. The van der Waals surface area contributed by atoms with E-state index in [4.69, 9.17) is 21.5 Å². The highest BCUT2D eigenvalue weighted by molar-refractivity contribution is 6.31. The number of benzene rings is 2. The Bertz CT molecular complexity index is 1240. The first kappa shape index (κ1) is 25.9. The lowest BCUT2D eigenvalue weighted by Gasteiger charge is -2.21. The lowest BCUT2D eigenvalue weighted by atomic mass is 10.2. The summed E-state index contributed by atoms with van der Waals surface area (Å²) in [5, 5.41) is 14.0. The molecule has 0 radical (unpaired) electrons. The van der Waals surface area contributed by atoms with E-state index in [1.807, 2.05) is 24.3 Å². The van der Waals surface area contributed by atoms with Gasteiger partial charge < -0.3 is 20.6 Å². The highest BCUT2D eigenvalue weighted by Gasteiger charge is 2.38. The van der Waals surface area contributed by atoms with Gasteiger partial charge in [-0.1, -0.05) is 11.6 Å². The number of amides is 2. The normalized spacial score (nSPS) is 15.4. The molecule has 7 nitrogen and oxygen atoms in total. The SMILES string of the molecule is O=C(Nc1ccc(F)cc1F)NC1CCN(c2ccnc3cc(Cl)ccc23)C1.O=C(O)C(F)(F)F. The standard InChI is InChI=1S/C20H17ClF2N4O.C2HF3O2/c21-12-1-3-15-18(9-12)24-7-5-19(15)27-8-6-14(11-27)25-20(28)26-17-4-2-13(22)10-16(17)23;3-2(4,5)1(6)7/h1-5,7,9-10,14H,6,8,11H2,(H2,25,26,28);(H,6,7). The molecule has 1 unspecified atom stereocenters. The number of hydrogen-bond acceptors (Lipinski definition) is 4. The highest BCUT2D eigenvalue weighted by Crippen LogP contribution is 2.29. The van der Waals surface area contributed by atoms with Crippen LogP contribution in [0, 0.1) is 11.6 Å². The van der Waals surface area contributed by atoms with Gasteiger partial charge in [-0.3, -0.25) is 4.98 Å². The molecule has 1 aliphatic rings. The number of fused-ring (bicyclic) bond motifs is 1. The summed E-state index contributed by atoms with van der Waals surface area (Å²) < 4.78 is 58.4. The third-order valence-corrected chi connectivity index (χ3v) is 5.20. The third kappa shape index (κ3) is 6.92. The van der Waals surface area contributed by atoms with Crippen LogP contribution in [0.25, 0.3) is 10.9 Å². The molecule has 1 saturated heterocycles. The van der Waals surface area contributed by atoms with E-state index in [1.54, 1.807) is 6.20 Å². The van der Waals surface area contributed by atoms with Gasteiger partial charge in [-0.25, -0.2) is 18.4 Å². The van der Waals surface area contributed by atoms with Gasteiger partial charge in [0.25, 0.3) is 0 Å². The number of carbonyl (C=O) groups excluding carboxylic acids is 1. The van der Waals surface area contributed by atoms with Crippen LogP contribution in [-0.2, 0) is 4.79 Å². The number of hydrogen-bond donors (Lipinski definition) is 3. The molecule has 0 saturated carbocycles. The fourth-order valence-corrected chi connectivity index (χ4v) is 3.58. The van der Waals surface area contributed by atoms with Crippen molar-refractivity contribution in [3.63, 3.8) is 0 Å². The van der Waals surface area contributed by atoms with Gasteiger partial charge in [0.1, 0.15) is 11.6 Å². The van der Waals surface area contributed by atoms with E-state index in [0.717, 1.165) is 41.7 Å². The summed E-state index contributed by atoms with van der Waals surface area (Å²) in [6.07, 6.45) is -2.60. The van der Waals surface area contributed by atoms with E-state index in [1.165, 1.54) is 6.07 Å². The molecule has 2 aromatic carbocycles. The lowest BCUT2D eigenvalue weighted by Crippen LogP contribution is -2.39. The Morgan fingerprint density at radius 3 is 2.49 bits per heavy atom. The predicted molar refractivity (Wildman–Crippen MR) is 120 cm³/mol. The molecule has 186 valence electrons. The second kappa shape index (κ2) is 10.7. The average molecular weight is 517 g/mol. The van der Waals surface area contributed by atoms with Crippen molar-refractivity contribution in [2.45, 2.75) is 18.6 Å². The smallest absolute Gasteiger partial charge is 0.475 e. The Morgan fingerprint density at radius 2 is 1.83 bits per heavy atom. The minimum atomic E-state index is -5.08. The van der Waals surface area contributed by atoms with Crippen molar-refractivity contribution >= 4 is 45.9 Å². The topological polar surface area (TPSA) is 94.6 Å². The quantitative estimate of drug-likeness (QED) is 0.416. The number of rotatable bonds is 3. The van der Waals surface area contributed by atoms with Crippen molar-refractivity contribution in [3.05, 3.63) is 65.3 Å². The van der Waals surface area contributed by atoms with Crippen LogP contribution in [0.5, 0.6) is 0 Å². The minimum Gasteiger partial charge on any atom is -0.475 e. The van der Waals surface area contributed by atoms with Gasteiger partial charge in [-0.05, 0) is 42.8 Å². The van der Waals surface area contributed by atoms with Gasteiger partial charge in [0, 0.05) is 47.5 Å². The average Bonchev–Trinajstić information content (AvgIpc) is 3.23. The molecular formula is C22H18ClF5N4O3. The molecule has 2 heterocycles. The minimum absolute atomic E-state index is 0.0641. The third-order valence-electron chi connectivity index (χ3n) is 4.97. The number of anilines is 2. The lowest BCUT2D eigenvalue weighted by molar-refractivity contribution is -0.192. The molecule has 0 aliphatic carbocycles. The maximum Gasteiger partial charge on any atom is 0.490 e. The number of aromatic nitrogens is 1. The van der Waals surface area contributed by atoms with E-state index >= 15 is 0 Å². The van der Waals surface area contributed by atoms with Gasteiger partial charge in [0.15, 0.2) is 0 Å². The fourth-order valence-electron chi connectivity index (χ4n) is 3.41. The van der Waals surface area contributed by atoms with Crippen molar-refractivity contribution in [2.24, 2.45) is 0 Å². The molecule has 2 amide bonds. The maximum atomic E-state index is 13.7. The van der Waals surface area contributed by atoms with Gasteiger partial charge in [0.2, 0.25) is 0 Å². The summed E-state index contributed by atoms with van der Waals surface area (Å²) in [7, 11) is 0. The second-order valence-electron chi connectivity index (χ2n) is 7.45. The van der Waals surface area contributed by atoms with Gasteiger partial charge >= 0.3 is 18.2 Å². The van der Waals surface area contributed by atoms with Crippen molar-refractivity contribution in [2.75, 3.05) is 23.3 Å². The molecule has 1 aromatic heterocycles. The number of halogens is 6. The zero-order valence-corrected chi connectivity index (χ0v) is 18.5. The Kier molecular flexibility index (Phi) is 7.95. The molecule has 1 atom stereocenters. The van der Waals surface area contributed by atoms with Crippen LogP contribution in [-0.4, -0.2) is 47.4 Å². The number of urea groups is 1. The van der Waals surface area contributed by atoms with Crippen LogP contribution in [0.3, 0.4) is 0 Å². The monoisotopic (exact) mass is 516 g/mol. The largest absolute Gasteiger partial charge is 0.490 e. The zero-order chi connectivity index (χ0) is 25.8. The number of carbonyl (C=O) groups is 2. The van der Waals surface area contributed by atoms with E-state index in [2.05, 4.69) is 20.5 Å². The molecule has 3 aromatic rings. The molecule has 4 rings (SSSR count). The summed E-state index contributed by atoms with van der Waals surface area (Å²) in [6, 6.07) is 9.91. The van der Waals surface area contributed by atoms with Crippen molar-refractivity contribution in [1.29, 1.82) is 0 Å². The molecule has 35 heavy (non-hydrogen) atoms. The van der Waals surface area contributed by atoms with E-state index in [0.29, 0.717) is 11.6 Å². The molecule has 0 bridgehead atoms. The first-order valence-corrected chi connectivity index (χ1v) is 10.4. The van der Waals surface area contributed by atoms with Crippen molar-refractivity contribution < 1.29 is 36.6 Å². The predicted octanol–water partition coefficient (Wildman–Crippen LogP) is 5.20. The van der Waals surface area contributed by atoms with Gasteiger partial charge in [-0.15, -0.1) is 0 Å². The van der Waals surface area contributed by atoms with Crippen LogP contribution in [0.15, 0.2) is 48.7 Å². The molecular weight excluding hydrogens is 499 g/mol. The number of carboxylic acid groups (broad SMARTS) is 1. The number of aliphatic carboxylic acids is 1.